The van der Waals surface area contributed by atoms with Crippen LogP contribution in [0.5, 0.6) is 5.75 Å². The third-order valence-corrected chi connectivity index (χ3v) is 7.72. The number of aryl methyl sites for hydroxylation is 1. The fourth-order valence-corrected chi connectivity index (χ4v) is 5.21. The third-order valence-electron chi connectivity index (χ3n) is 7.72. The molecule has 13 nitrogen and oxygen atoms in total. The molecule has 1 aliphatic rings. The number of furan rings is 1. The zero-order chi connectivity index (χ0) is 33.7. The van der Waals surface area contributed by atoms with Crippen LogP contribution in [-0.4, -0.2) is 86.9 Å². The topological polar surface area (TPSA) is 180 Å². The number of rotatable bonds is 11. The van der Waals surface area contributed by atoms with Gasteiger partial charge in [0.25, 0.3) is 11.8 Å². The largest absolute Gasteiger partial charge is 0.481 e. The molecule has 0 saturated carbocycles. The Bertz CT molecular complexity index is 1810. The van der Waals surface area contributed by atoms with Crippen LogP contribution in [0, 0.1) is 12.7 Å². The second-order valence-electron chi connectivity index (χ2n) is 10.9. The fraction of sp³-hybridized carbons (Fsp3) is 0.273. The number of carbonyl (C=O) groups excluding carboxylic acids is 3. The van der Waals surface area contributed by atoms with Gasteiger partial charge in [-0.25, -0.2) is 14.2 Å². The summed E-state index contributed by atoms with van der Waals surface area (Å²) in [7, 11) is 0. The standard InChI is InChI=1S/C33H31FN4O9/c1-19-16-24-21(17-22(19)34)27(47-29(33(44)45)20-6-3-2-4-7-20)18-25(35-24)30(41)36-23(9-10-28(39)40)31(42)37-11-13-38(14-12-37)32(43)26-8-5-15-46-26/h2-8,15-18,23,29H,9-14H2,1H3,(H,36,41)(H,39,40)(H,44,45)/t23-,29?/m0/s1. The van der Waals surface area contributed by atoms with Gasteiger partial charge < -0.3 is 34.5 Å². The maximum atomic E-state index is 14.6. The van der Waals surface area contributed by atoms with Gasteiger partial charge in [0.2, 0.25) is 12.0 Å². The summed E-state index contributed by atoms with van der Waals surface area (Å²) in [6, 6.07) is 13.6. The Morgan fingerprint density at radius 3 is 2.32 bits per heavy atom. The zero-order valence-corrected chi connectivity index (χ0v) is 25.2. The highest BCUT2D eigenvalue weighted by atomic mass is 19.1. The predicted octanol–water partition coefficient (Wildman–Crippen LogP) is 3.43. The number of pyridine rings is 1. The number of hydrogen-bond acceptors (Lipinski definition) is 8. The van der Waals surface area contributed by atoms with Crippen molar-refractivity contribution in [3.05, 3.63) is 95.3 Å². The Balaban J connectivity index is 1.40. The molecule has 0 spiro atoms. The van der Waals surface area contributed by atoms with Gasteiger partial charge in [-0.3, -0.25) is 19.2 Å². The molecule has 3 heterocycles. The molecule has 3 amide bonds. The minimum Gasteiger partial charge on any atom is -0.481 e. The van der Waals surface area contributed by atoms with Gasteiger partial charge in [0.05, 0.1) is 11.8 Å². The van der Waals surface area contributed by atoms with E-state index in [4.69, 9.17) is 9.15 Å². The number of carbonyl (C=O) groups is 5. The van der Waals surface area contributed by atoms with E-state index in [9.17, 15) is 38.6 Å². The van der Waals surface area contributed by atoms with Gasteiger partial charge >= 0.3 is 11.9 Å². The number of nitrogens with one attached hydrogen (secondary N) is 1. The molecule has 2 aromatic carbocycles. The van der Waals surface area contributed by atoms with Crippen LogP contribution >= 0.6 is 0 Å². The van der Waals surface area contributed by atoms with Crippen LogP contribution in [-0.2, 0) is 14.4 Å². The van der Waals surface area contributed by atoms with Crippen molar-refractivity contribution in [2.24, 2.45) is 0 Å². The number of ether oxygens (including phenoxy) is 1. The van der Waals surface area contributed by atoms with E-state index in [1.165, 1.54) is 35.1 Å². The molecule has 244 valence electrons. The third kappa shape index (κ3) is 7.54. The summed E-state index contributed by atoms with van der Waals surface area (Å²) < 4.78 is 25.7. The Morgan fingerprint density at radius 2 is 1.68 bits per heavy atom. The lowest BCUT2D eigenvalue weighted by Crippen LogP contribution is -2.56. The molecular weight excluding hydrogens is 615 g/mol. The zero-order valence-electron chi connectivity index (χ0n) is 25.2. The summed E-state index contributed by atoms with van der Waals surface area (Å²) in [4.78, 5) is 70.7. The molecule has 47 heavy (non-hydrogen) atoms. The number of aromatic nitrogens is 1. The van der Waals surface area contributed by atoms with Crippen molar-refractivity contribution in [3.63, 3.8) is 0 Å². The smallest absolute Gasteiger partial charge is 0.349 e. The lowest BCUT2D eigenvalue weighted by Gasteiger charge is -2.36. The molecule has 2 atom stereocenters. The molecular formula is C33H31FN4O9. The van der Waals surface area contributed by atoms with Gasteiger partial charge in [0.1, 0.15) is 23.3 Å². The number of carboxylic acid groups (broad SMARTS) is 2. The summed E-state index contributed by atoms with van der Waals surface area (Å²) in [5, 5.41) is 21.9. The molecule has 1 fully saturated rings. The van der Waals surface area contributed by atoms with Crippen LogP contribution in [0.2, 0.25) is 0 Å². The fourth-order valence-electron chi connectivity index (χ4n) is 5.21. The van der Waals surface area contributed by atoms with Crippen molar-refractivity contribution in [3.8, 4) is 5.75 Å². The first-order chi connectivity index (χ1) is 22.5. The number of amides is 3. The number of piperazine rings is 1. The van der Waals surface area contributed by atoms with Gasteiger partial charge in [-0.15, -0.1) is 0 Å². The van der Waals surface area contributed by atoms with Gasteiger partial charge in [0, 0.05) is 49.6 Å². The minimum absolute atomic E-state index is 0.118. The normalized spacial score (nSPS) is 14.3. The monoisotopic (exact) mass is 646 g/mol. The van der Waals surface area contributed by atoms with Gasteiger partial charge in [0.15, 0.2) is 5.76 Å². The van der Waals surface area contributed by atoms with E-state index >= 15 is 0 Å². The molecule has 1 aliphatic heterocycles. The van der Waals surface area contributed by atoms with Crippen molar-refractivity contribution in [1.29, 1.82) is 0 Å². The van der Waals surface area contributed by atoms with E-state index < -0.39 is 48.1 Å². The van der Waals surface area contributed by atoms with Crippen LogP contribution in [0.1, 0.15) is 51.1 Å². The maximum Gasteiger partial charge on any atom is 0.349 e. The van der Waals surface area contributed by atoms with E-state index in [2.05, 4.69) is 10.3 Å². The highest BCUT2D eigenvalue weighted by Gasteiger charge is 2.32. The van der Waals surface area contributed by atoms with Crippen molar-refractivity contribution in [1.82, 2.24) is 20.1 Å². The van der Waals surface area contributed by atoms with Gasteiger partial charge in [-0.1, -0.05) is 30.3 Å². The van der Waals surface area contributed by atoms with Crippen LogP contribution in [0.4, 0.5) is 4.39 Å². The van der Waals surface area contributed by atoms with Crippen molar-refractivity contribution >= 4 is 40.6 Å². The van der Waals surface area contributed by atoms with Crippen LogP contribution in [0.25, 0.3) is 10.9 Å². The quantitative estimate of drug-likeness (QED) is 0.219. The Hall–Kier alpha value is -5.79. The van der Waals surface area contributed by atoms with E-state index in [-0.39, 0.29) is 72.2 Å². The average molecular weight is 647 g/mol. The predicted molar refractivity (Wildman–Crippen MR) is 163 cm³/mol. The molecule has 4 aromatic rings. The van der Waals surface area contributed by atoms with Crippen LogP contribution in [0.15, 0.2) is 71.3 Å². The second-order valence-corrected chi connectivity index (χ2v) is 10.9. The van der Waals surface area contributed by atoms with E-state index in [1.807, 2.05) is 0 Å². The molecule has 0 radical (unpaired) electrons. The molecule has 0 bridgehead atoms. The summed E-state index contributed by atoms with van der Waals surface area (Å²) in [6.07, 6.45) is -0.787. The molecule has 3 N–H and O–H groups in total. The number of fused-ring (bicyclic) bond motifs is 1. The summed E-state index contributed by atoms with van der Waals surface area (Å²) in [6.45, 7) is 2.16. The molecule has 14 heteroatoms. The maximum absolute atomic E-state index is 14.6. The average Bonchev–Trinajstić information content (AvgIpc) is 3.61. The molecule has 2 aromatic heterocycles. The SMILES string of the molecule is Cc1cc2nc(C(=O)N[C@@H](CCC(=O)O)C(=O)N3CCN(C(=O)c4ccco4)CC3)cc(OC(C(=O)O)c3ccccc3)c2cc1F. The van der Waals surface area contributed by atoms with Crippen LogP contribution in [0.3, 0.4) is 0 Å². The second kappa shape index (κ2) is 14.1. The first-order valence-corrected chi connectivity index (χ1v) is 14.7. The summed E-state index contributed by atoms with van der Waals surface area (Å²) in [5.41, 5.74) is 0.381. The Morgan fingerprint density at radius 1 is 0.979 bits per heavy atom. The molecule has 5 rings (SSSR count). The first-order valence-electron chi connectivity index (χ1n) is 14.7. The van der Waals surface area contributed by atoms with Crippen molar-refractivity contribution < 1.29 is 47.7 Å². The number of carboxylic acids is 2. The minimum atomic E-state index is -1.51. The Kier molecular flexibility index (Phi) is 9.78. The van der Waals surface area contributed by atoms with E-state index in [0.717, 1.165) is 12.1 Å². The summed E-state index contributed by atoms with van der Waals surface area (Å²) in [5.74, 6) is -4.81. The van der Waals surface area contributed by atoms with Crippen LogP contribution < -0.4 is 10.1 Å². The van der Waals surface area contributed by atoms with Gasteiger partial charge in [-0.05, 0) is 43.2 Å². The van der Waals surface area contributed by atoms with Crippen molar-refractivity contribution in [2.75, 3.05) is 26.2 Å². The Labute approximate surface area is 267 Å². The van der Waals surface area contributed by atoms with E-state index in [1.54, 1.807) is 36.4 Å². The molecule has 1 saturated heterocycles. The summed E-state index contributed by atoms with van der Waals surface area (Å²) >= 11 is 0. The number of nitrogens with zero attached hydrogens (tertiary/aromatic N) is 3. The van der Waals surface area contributed by atoms with Crippen molar-refractivity contribution in [2.45, 2.75) is 31.9 Å². The first kappa shape index (κ1) is 32.6. The number of halogens is 1. The lowest BCUT2D eigenvalue weighted by atomic mass is 10.1. The number of aliphatic carboxylic acids is 2. The number of benzene rings is 2. The number of hydrogen-bond donors (Lipinski definition) is 3. The highest BCUT2D eigenvalue weighted by Crippen LogP contribution is 2.32. The van der Waals surface area contributed by atoms with E-state index in [0.29, 0.717) is 5.56 Å². The lowest BCUT2D eigenvalue weighted by molar-refractivity contribution is -0.145. The molecule has 1 unspecified atom stereocenters. The molecule has 0 aliphatic carbocycles. The van der Waals surface area contributed by atoms with Gasteiger partial charge in [-0.2, -0.15) is 0 Å². The highest BCUT2D eigenvalue weighted by molar-refractivity contribution is 6.00.